The number of carbonyl (C=O) groups is 1. The number of ether oxygens (including phenoxy) is 1. The molecule has 1 unspecified atom stereocenters. The number of piperidine rings is 1. The molecular formula is C16H23N5O3S. The number of hydrogen-bond acceptors (Lipinski definition) is 8. The summed E-state index contributed by atoms with van der Waals surface area (Å²) < 4.78 is 14.4. The first kappa shape index (κ1) is 17.9. The number of likely N-dealkylation sites (tertiary alicyclic amines) is 1. The zero-order valence-electron chi connectivity index (χ0n) is 14.6. The molecule has 2 aromatic rings. The molecule has 0 N–H and O–H groups in total. The van der Waals surface area contributed by atoms with Crippen molar-refractivity contribution in [3.63, 3.8) is 0 Å². The fourth-order valence-electron chi connectivity index (χ4n) is 3.01. The largest absolute Gasteiger partial charge is 0.384 e. The average Bonchev–Trinajstić information content (AvgIpc) is 3.29. The van der Waals surface area contributed by atoms with Crippen LogP contribution in [0.3, 0.4) is 0 Å². The first-order valence-electron chi connectivity index (χ1n) is 8.64. The molecule has 1 fully saturated rings. The molecule has 9 heteroatoms. The highest BCUT2D eigenvalue weighted by Gasteiger charge is 2.30. The smallest absolute Gasteiger partial charge is 0.267 e. The van der Waals surface area contributed by atoms with Gasteiger partial charge in [-0.1, -0.05) is 23.0 Å². The van der Waals surface area contributed by atoms with E-state index in [0.29, 0.717) is 36.2 Å². The van der Waals surface area contributed by atoms with E-state index in [4.69, 9.17) is 9.26 Å². The van der Waals surface area contributed by atoms with Crippen molar-refractivity contribution in [3.8, 4) is 0 Å². The van der Waals surface area contributed by atoms with Gasteiger partial charge in [0.05, 0.1) is 18.2 Å². The second-order valence-electron chi connectivity index (χ2n) is 6.18. The van der Waals surface area contributed by atoms with Crippen LogP contribution in [0.4, 0.5) is 0 Å². The Morgan fingerprint density at radius 2 is 2.32 bits per heavy atom. The SMILES string of the molecule is CCCc1nnsc1C(=O)N1CCCC(c2nc(CCOC)no2)C1. The number of nitrogens with zero attached hydrogens (tertiary/aromatic N) is 5. The number of methoxy groups -OCH3 is 1. The van der Waals surface area contributed by atoms with Crippen LogP contribution in [0.1, 0.15) is 59.2 Å². The predicted molar refractivity (Wildman–Crippen MR) is 91.7 cm³/mol. The van der Waals surface area contributed by atoms with Crippen molar-refractivity contribution in [3.05, 3.63) is 22.3 Å². The van der Waals surface area contributed by atoms with E-state index in [0.717, 1.165) is 37.9 Å². The van der Waals surface area contributed by atoms with Gasteiger partial charge in [-0.05, 0) is 30.8 Å². The summed E-state index contributed by atoms with van der Waals surface area (Å²) in [4.78, 5) is 19.8. The Bertz CT molecular complexity index is 702. The highest BCUT2D eigenvalue weighted by atomic mass is 32.1. The van der Waals surface area contributed by atoms with Crippen molar-refractivity contribution in [2.75, 3.05) is 26.8 Å². The van der Waals surface area contributed by atoms with Gasteiger partial charge in [-0.2, -0.15) is 4.98 Å². The minimum absolute atomic E-state index is 0.0160. The Kier molecular flexibility index (Phi) is 6.09. The van der Waals surface area contributed by atoms with Gasteiger partial charge in [0.1, 0.15) is 4.88 Å². The van der Waals surface area contributed by atoms with Crippen LogP contribution in [0, 0.1) is 0 Å². The van der Waals surface area contributed by atoms with Gasteiger partial charge in [0.25, 0.3) is 5.91 Å². The van der Waals surface area contributed by atoms with E-state index < -0.39 is 0 Å². The maximum Gasteiger partial charge on any atom is 0.267 e. The molecule has 0 saturated carbocycles. The summed E-state index contributed by atoms with van der Waals surface area (Å²) in [6.45, 7) is 3.96. The molecule has 0 radical (unpaired) electrons. The van der Waals surface area contributed by atoms with Crippen molar-refractivity contribution < 1.29 is 14.1 Å². The Hall–Kier alpha value is -1.87. The second-order valence-corrected chi connectivity index (χ2v) is 6.93. The Morgan fingerprint density at radius 1 is 1.44 bits per heavy atom. The van der Waals surface area contributed by atoms with E-state index in [9.17, 15) is 4.79 Å². The number of aromatic nitrogens is 4. The van der Waals surface area contributed by atoms with Gasteiger partial charge in [0, 0.05) is 26.6 Å². The van der Waals surface area contributed by atoms with Crippen LogP contribution in [0.15, 0.2) is 4.52 Å². The van der Waals surface area contributed by atoms with Crippen molar-refractivity contribution >= 4 is 17.4 Å². The summed E-state index contributed by atoms with van der Waals surface area (Å²) in [7, 11) is 1.65. The lowest BCUT2D eigenvalue weighted by atomic mass is 9.97. The van der Waals surface area contributed by atoms with Gasteiger partial charge < -0.3 is 14.2 Å². The summed E-state index contributed by atoms with van der Waals surface area (Å²) in [6, 6.07) is 0. The number of hydrogen-bond donors (Lipinski definition) is 0. The quantitative estimate of drug-likeness (QED) is 0.741. The Morgan fingerprint density at radius 3 is 3.12 bits per heavy atom. The normalized spacial score (nSPS) is 17.8. The zero-order chi connectivity index (χ0) is 17.6. The van der Waals surface area contributed by atoms with Gasteiger partial charge >= 0.3 is 0 Å². The van der Waals surface area contributed by atoms with Crippen molar-refractivity contribution in [1.82, 2.24) is 24.6 Å². The molecule has 3 heterocycles. The van der Waals surface area contributed by atoms with Crippen LogP contribution in [-0.2, 0) is 17.6 Å². The topological polar surface area (TPSA) is 94.2 Å². The molecule has 0 aromatic carbocycles. The fraction of sp³-hybridized carbons (Fsp3) is 0.688. The van der Waals surface area contributed by atoms with E-state index in [1.807, 2.05) is 4.90 Å². The first-order valence-corrected chi connectivity index (χ1v) is 9.42. The molecule has 25 heavy (non-hydrogen) atoms. The predicted octanol–water partition coefficient (Wildman–Crippen LogP) is 2.08. The minimum Gasteiger partial charge on any atom is -0.384 e. The van der Waals surface area contributed by atoms with E-state index in [1.165, 1.54) is 11.5 Å². The van der Waals surface area contributed by atoms with Gasteiger partial charge in [0.15, 0.2) is 5.82 Å². The fourth-order valence-corrected chi connectivity index (χ4v) is 3.68. The maximum atomic E-state index is 12.9. The maximum absolute atomic E-state index is 12.9. The number of rotatable bonds is 7. The van der Waals surface area contributed by atoms with Gasteiger partial charge in [-0.25, -0.2) is 0 Å². The van der Waals surface area contributed by atoms with Crippen LogP contribution in [0.25, 0.3) is 0 Å². The van der Waals surface area contributed by atoms with Gasteiger partial charge in [-0.15, -0.1) is 5.10 Å². The summed E-state index contributed by atoms with van der Waals surface area (Å²) >= 11 is 1.18. The standard InChI is InChI=1S/C16H23N5O3S/c1-3-5-12-14(25-20-18-12)16(22)21-8-4-6-11(10-21)15-17-13(19-24-15)7-9-23-2/h11H,3-10H2,1-2H3. The van der Waals surface area contributed by atoms with Gasteiger partial charge in [-0.3, -0.25) is 4.79 Å². The lowest BCUT2D eigenvalue weighted by molar-refractivity contribution is 0.0699. The van der Waals surface area contributed by atoms with Crippen molar-refractivity contribution in [2.24, 2.45) is 0 Å². The molecule has 8 nitrogen and oxygen atoms in total. The molecular weight excluding hydrogens is 342 g/mol. The van der Waals surface area contributed by atoms with Crippen molar-refractivity contribution in [2.45, 2.75) is 44.9 Å². The van der Waals surface area contributed by atoms with E-state index in [1.54, 1.807) is 7.11 Å². The molecule has 1 aliphatic heterocycles. The third-order valence-corrected chi connectivity index (χ3v) is 5.06. The Balaban J connectivity index is 1.67. The molecule has 0 spiro atoms. The molecule has 0 aliphatic carbocycles. The zero-order valence-corrected chi connectivity index (χ0v) is 15.4. The number of carbonyl (C=O) groups excluding carboxylic acids is 1. The lowest BCUT2D eigenvalue weighted by Crippen LogP contribution is -2.39. The highest BCUT2D eigenvalue weighted by Crippen LogP contribution is 2.27. The van der Waals surface area contributed by atoms with Crippen LogP contribution >= 0.6 is 11.5 Å². The summed E-state index contributed by atoms with van der Waals surface area (Å²) in [5.41, 5.74) is 0.805. The Labute approximate surface area is 150 Å². The monoisotopic (exact) mass is 365 g/mol. The summed E-state index contributed by atoms with van der Waals surface area (Å²) in [5.74, 6) is 1.36. The molecule has 1 atom stereocenters. The molecule has 2 aromatic heterocycles. The summed E-state index contributed by atoms with van der Waals surface area (Å²) in [6.07, 6.45) is 4.21. The van der Waals surface area contributed by atoms with Crippen LogP contribution < -0.4 is 0 Å². The van der Waals surface area contributed by atoms with E-state index in [-0.39, 0.29) is 11.8 Å². The minimum atomic E-state index is 0.0160. The molecule has 0 bridgehead atoms. The molecule has 1 amide bonds. The van der Waals surface area contributed by atoms with Crippen LogP contribution in [0.5, 0.6) is 0 Å². The van der Waals surface area contributed by atoms with E-state index in [2.05, 4.69) is 26.7 Å². The third-order valence-electron chi connectivity index (χ3n) is 4.31. The number of aryl methyl sites for hydroxylation is 1. The molecule has 136 valence electrons. The van der Waals surface area contributed by atoms with E-state index >= 15 is 0 Å². The van der Waals surface area contributed by atoms with Gasteiger partial charge in [0.2, 0.25) is 5.89 Å². The summed E-state index contributed by atoms with van der Waals surface area (Å²) in [5, 5.41) is 8.10. The highest BCUT2D eigenvalue weighted by molar-refractivity contribution is 7.08. The molecule has 1 saturated heterocycles. The molecule has 1 aliphatic rings. The van der Waals surface area contributed by atoms with Crippen molar-refractivity contribution in [1.29, 1.82) is 0 Å². The second kappa shape index (κ2) is 8.48. The number of amides is 1. The average molecular weight is 365 g/mol. The first-order chi connectivity index (χ1) is 12.2. The lowest BCUT2D eigenvalue weighted by Gasteiger charge is -2.30. The van der Waals surface area contributed by atoms with Crippen LogP contribution in [0.2, 0.25) is 0 Å². The third kappa shape index (κ3) is 4.21. The van der Waals surface area contributed by atoms with Crippen LogP contribution in [-0.4, -0.2) is 57.3 Å². The molecule has 3 rings (SSSR count).